The fourth-order valence-electron chi connectivity index (χ4n) is 5.23. The van der Waals surface area contributed by atoms with Crippen molar-refractivity contribution in [2.75, 3.05) is 26.2 Å². The van der Waals surface area contributed by atoms with Crippen LogP contribution in [0.2, 0.25) is 0 Å². The molecule has 2 fully saturated rings. The Morgan fingerprint density at radius 1 is 1.05 bits per heavy atom. The first kappa shape index (κ1) is 24.9. The summed E-state index contributed by atoms with van der Waals surface area (Å²) in [7, 11) is 0. The van der Waals surface area contributed by atoms with Crippen molar-refractivity contribution in [3.63, 3.8) is 0 Å². The van der Waals surface area contributed by atoms with E-state index in [1.165, 1.54) is 6.07 Å². The molecule has 0 unspecified atom stereocenters. The normalized spacial score (nSPS) is 17.1. The van der Waals surface area contributed by atoms with E-state index in [4.69, 9.17) is 4.74 Å². The van der Waals surface area contributed by atoms with Crippen LogP contribution in [0.15, 0.2) is 47.3 Å². The van der Waals surface area contributed by atoms with Crippen LogP contribution in [0, 0.1) is 11.2 Å². The predicted molar refractivity (Wildman–Crippen MR) is 137 cm³/mol. The molecule has 2 saturated heterocycles. The highest BCUT2D eigenvalue weighted by Gasteiger charge is 2.48. The van der Waals surface area contributed by atoms with Crippen molar-refractivity contribution in [1.82, 2.24) is 20.0 Å². The summed E-state index contributed by atoms with van der Waals surface area (Å²) in [6.45, 7) is 7.80. The molecule has 8 nitrogen and oxygen atoms in total. The summed E-state index contributed by atoms with van der Waals surface area (Å²) >= 11 is 0. The monoisotopic (exact) mass is 506 g/mol. The van der Waals surface area contributed by atoms with Gasteiger partial charge in [0, 0.05) is 43.4 Å². The molecular weight excluding hydrogens is 475 g/mol. The molecule has 2 aliphatic rings. The number of hydrogen-bond acceptors (Lipinski definition) is 5. The lowest BCUT2D eigenvalue weighted by atomic mass is 9.72. The first-order valence-corrected chi connectivity index (χ1v) is 12.6. The minimum atomic E-state index is -0.561. The molecule has 3 heterocycles. The summed E-state index contributed by atoms with van der Waals surface area (Å²) in [5.41, 5.74) is 0.576. The number of aromatic nitrogens is 2. The second-order valence-electron chi connectivity index (χ2n) is 11.2. The van der Waals surface area contributed by atoms with E-state index in [1.807, 2.05) is 32.9 Å². The number of halogens is 1. The number of piperidine rings is 1. The maximum absolute atomic E-state index is 14.7. The van der Waals surface area contributed by atoms with Gasteiger partial charge in [-0.15, -0.1) is 0 Å². The van der Waals surface area contributed by atoms with Crippen molar-refractivity contribution >= 4 is 22.8 Å². The summed E-state index contributed by atoms with van der Waals surface area (Å²) in [4.78, 5) is 41.0. The Bertz CT molecular complexity index is 1410. The van der Waals surface area contributed by atoms with Crippen LogP contribution in [0.25, 0.3) is 10.8 Å². The number of amides is 2. The number of ether oxygens (including phenoxy) is 1. The van der Waals surface area contributed by atoms with Gasteiger partial charge < -0.3 is 14.5 Å². The van der Waals surface area contributed by atoms with Crippen molar-refractivity contribution < 1.29 is 18.7 Å². The Morgan fingerprint density at radius 2 is 1.73 bits per heavy atom. The number of carbonyl (C=O) groups is 2. The maximum Gasteiger partial charge on any atom is 0.410 e. The molecular formula is C28H31FN4O4. The number of fused-ring (bicyclic) bond motifs is 1. The van der Waals surface area contributed by atoms with Crippen LogP contribution in [-0.2, 0) is 11.2 Å². The van der Waals surface area contributed by atoms with Gasteiger partial charge in [0.05, 0.1) is 16.6 Å². The Hall–Kier alpha value is -3.75. The van der Waals surface area contributed by atoms with Gasteiger partial charge in [0.2, 0.25) is 0 Å². The number of nitrogens with zero attached hydrogens (tertiary/aromatic N) is 3. The van der Waals surface area contributed by atoms with Gasteiger partial charge in [-0.05, 0) is 57.4 Å². The molecule has 0 radical (unpaired) electrons. The molecule has 0 aliphatic carbocycles. The highest BCUT2D eigenvalue weighted by atomic mass is 19.1. The zero-order valence-corrected chi connectivity index (χ0v) is 21.3. The summed E-state index contributed by atoms with van der Waals surface area (Å²) in [5.74, 6) is -0.896. The molecule has 0 atom stereocenters. The first-order chi connectivity index (χ1) is 17.5. The minimum absolute atomic E-state index is 0.0345. The molecule has 0 saturated carbocycles. The molecule has 0 bridgehead atoms. The fourth-order valence-corrected chi connectivity index (χ4v) is 5.23. The van der Waals surface area contributed by atoms with Crippen molar-refractivity contribution in [2.24, 2.45) is 5.41 Å². The number of rotatable bonds is 3. The second kappa shape index (κ2) is 9.28. The van der Waals surface area contributed by atoms with Gasteiger partial charge in [0.1, 0.15) is 11.4 Å². The zero-order chi connectivity index (χ0) is 26.4. The number of nitrogens with one attached hydrogen (secondary N) is 1. The smallest absolute Gasteiger partial charge is 0.410 e. The van der Waals surface area contributed by atoms with Crippen LogP contribution >= 0.6 is 0 Å². The summed E-state index contributed by atoms with van der Waals surface area (Å²) in [5, 5.41) is 7.97. The van der Waals surface area contributed by atoms with Crippen molar-refractivity contribution in [3.05, 3.63) is 75.5 Å². The van der Waals surface area contributed by atoms with E-state index in [0.29, 0.717) is 43.7 Å². The van der Waals surface area contributed by atoms with Crippen molar-refractivity contribution in [2.45, 2.75) is 45.6 Å². The third-order valence-corrected chi connectivity index (χ3v) is 7.22. The van der Waals surface area contributed by atoms with Crippen molar-refractivity contribution in [3.8, 4) is 0 Å². The number of hydrogen-bond donors (Lipinski definition) is 1. The molecule has 9 heteroatoms. The van der Waals surface area contributed by atoms with E-state index in [1.54, 1.807) is 34.1 Å². The number of benzene rings is 2. The molecule has 1 aromatic heterocycles. The lowest BCUT2D eigenvalue weighted by Crippen LogP contribution is -2.62. The van der Waals surface area contributed by atoms with Gasteiger partial charge in [0.15, 0.2) is 0 Å². The highest BCUT2D eigenvalue weighted by Crippen LogP contribution is 2.41. The van der Waals surface area contributed by atoms with Gasteiger partial charge >= 0.3 is 6.09 Å². The van der Waals surface area contributed by atoms with Gasteiger partial charge in [-0.25, -0.2) is 14.3 Å². The van der Waals surface area contributed by atoms with E-state index in [2.05, 4.69) is 10.2 Å². The quantitative estimate of drug-likeness (QED) is 0.577. The zero-order valence-electron chi connectivity index (χ0n) is 21.3. The molecule has 5 rings (SSSR count). The van der Waals surface area contributed by atoms with Crippen LogP contribution in [-0.4, -0.2) is 63.8 Å². The van der Waals surface area contributed by atoms with E-state index in [9.17, 15) is 18.8 Å². The molecule has 1 spiro atoms. The molecule has 2 aromatic carbocycles. The van der Waals surface area contributed by atoms with E-state index >= 15 is 0 Å². The van der Waals surface area contributed by atoms with E-state index in [0.717, 1.165) is 23.8 Å². The Kier molecular flexibility index (Phi) is 6.25. The number of aromatic amines is 1. The second-order valence-corrected chi connectivity index (χ2v) is 11.2. The number of likely N-dealkylation sites (tertiary alicyclic amines) is 2. The molecule has 37 heavy (non-hydrogen) atoms. The van der Waals surface area contributed by atoms with Crippen LogP contribution in [0.3, 0.4) is 0 Å². The Morgan fingerprint density at radius 3 is 2.41 bits per heavy atom. The molecule has 3 aromatic rings. The van der Waals surface area contributed by atoms with Crippen molar-refractivity contribution in [1.29, 1.82) is 0 Å². The molecule has 1 N–H and O–H groups in total. The fraction of sp³-hybridized carbons (Fsp3) is 0.429. The van der Waals surface area contributed by atoms with Crippen LogP contribution < -0.4 is 5.56 Å². The van der Waals surface area contributed by atoms with Gasteiger partial charge in [-0.2, -0.15) is 5.10 Å². The minimum Gasteiger partial charge on any atom is -0.444 e. The van der Waals surface area contributed by atoms with E-state index < -0.39 is 11.4 Å². The SMILES string of the molecule is CC(C)(C)OC(=O)N1CCC2(CC1)CN(C(=O)c1cc(Cc3n[nH]c(=O)c4ccccc34)ccc1F)C2. The summed E-state index contributed by atoms with van der Waals surface area (Å²) in [6, 6.07) is 11.7. The number of H-pyrrole nitrogens is 1. The van der Waals surface area contributed by atoms with Crippen LogP contribution in [0.1, 0.15) is 55.2 Å². The largest absolute Gasteiger partial charge is 0.444 e. The predicted octanol–water partition coefficient (Wildman–Crippen LogP) is 4.13. The summed E-state index contributed by atoms with van der Waals surface area (Å²) in [6.07, 6.45) is 1.60. The number of carbonyl (C=O) groups excluding carboxylic acids is 2. The van der Waals surface area contributed by atoms with Crippen LogP contribution in [0.5, 0.6) is 0 Å². The molecule has 194 valence electrons. The average molecular weight is 507 g/mol. The van der Waals surface area contributed by atoms with Gasteiger partial charge in [-0.3, -0.25) is 9.59 Å². The van der Waals surface area contributed by atoms with Gasteiger partial charge in [0.25, 0.3) is 11.5 Å². The lowest BCUT2D eigenvalue weighted by Gasteiger charge is -2.53. The lowest BCUT2D eigenvalue weighted by molar-refractivity contribution is -0.0396. The Balaban J connectivity index is 1.25. The topological polar surface area (TPSA) is 95.6 Å². The first-order valence-electron chi connectivity index (χ1n) is 12.6. The summed E-state index contributed by atoms with van der Waals surface area (Å²) < 4.78 is 20.2. The highest BCUT2D eigenvalue weighted by molar-refractivity contribution is 5.95. The Labute approximate surface area is 214 Å². The maximum atomic E-state index is 14.7. The average Bonchev–Trinajstić information content (AvgIpc) is 2.84. The van der Waals surface area contributed by atoms with Crippen LogP contribution in [0.4, 0.5) is 9.18 Å². The third-order valence-electron chi connectivity index (χ3n) is 7.22. The third kappa shape index (κ3) is 5.08. The molecule has 2 aliphatic heterocycles. The molecule has 2 amide bonds. The van der Waals surface area contributed by atoms with Gasteiger partial charge in [-0.1, -0.05) is 24.3 Å². The standard InChI is InChI=1S/C28H31FN4O4/c1-27(2,3)37-26(36)32-12-10-28(11-13-32)16-33(17-28)25(35)21-14-18(8-9-22(21)29)15-23-19-6-4-5-7-20(19)24(34)31-30-23/h4-9,14H,10-13,15-17H2,1-3H3,(H,31,34). The van der Waals surface area contributed by atoms with E-state index in [-0.39, 0.29) is 28.5 Å².